The maximum absolute atomic E-state index is 13.7. The predicted molar refractivity (Wildman–Crippen MR) is 76.2 cm³/mol. The number of halogens is 1. The lowest BCUT2D eigenvalue weighted by Crippen LogP contribution is -2.37. The van der Waals surface area contributed by atoms with E-state index in [0.717, 1.165) is 32.0 Å². The first-order valence-corrected chi connectivity index (χ1v) is 8.10. The quantitative estimate of drug-likeness (QED) is 0.815. The fourth-order valence-corrected chi connectivity index (χ4v) is 3.68. The zero-order valence-electron chi connectivity index (χ0n) is 11.5. The number of likely N-dealkylation sites (tertiary alicyclic amines) is 1. The Hall–Kier alpha value is -1.18. The van der Waals surface area contributed by atoms with E-state index < -0.39 is 20.7 Å². The highest BCUT2D eigenvalue weighted by Gasteiger charge is 2.24. The molecule has 0 atom stereocenters. The highest BCUT2D eigenvalue weighted by molar-refractivity contribution is 7.89. The number of hydrogen-bond donors (Lipinski definition) is 2. The van der Waals surface area contributed by atoms with E-state index in [1.165, 1.54) is 12.1 Å². The fourth-order valence-electron chi connectivity index (χ4n) is 2.37. The maximum Gasteiger partial charge on any atom is 0.245 e. The second kappa shape index (κ2) is 6.07. The van der Waals surface area contributed by atoms with Gasteiger partial charge in [-0.05, 0) is 51.0 Å². The first-order chi connectivity index (χ1) is 9.40. The van der Waals surface area contributed by atoms with Gasteiger partial charge in [0, 0.05) is 6.54 Å². The summed E-state index contributed by atoms with van der Waals surface area (Å²) in [6, 6.07) is 3.87. The number of benzene rings is 1. The van der Waals surface area contributed by atoms with Crippen molar-refractivity contribution in [2.24, 2.45) is 5.92 Å². The van der Waals surface area contributed by atoms with E-state index in [9.17, 15) is 12.8 Å². The fraction of sp³-hybridized carbons (Fsp3) is 0.538. The molecule has 3 N–H and O–H groups in total. The lowest BCUT2D eigenvalue weighted by Gasteiger charge is -2.28. The van der Waals surface area contributed by atoms with Crippen LogP contribution in [0.2, 0.25) is 0 Å². The van der Waals surface area contributed by atoms with Crippen LogP contribution < -0.4 is 10.5 Å². The van der Waals surface area contributed by atoms with Crippen molar-refractivity contribution in [3.8, 4) is 0 Å². The van der Waals surface area contributed by atoms with Gasteiger partial charge in [-0.3, -0.25) is 0 Å². The van der Waals surface area contributed by atoms with Gasteiger partial charge in [0.05, 0.1) is 5.69 Å². The summed E-state index contributed by atoms with van der Waals surface area (Å²) in [6.45, 7) is 2.23. The van der Waals surface area contributed by atoms with E-state index in [4.69, 9.17) is 5.73 Å². The third-order valence-corrected chi connectivity index (χ3v) is 5.18. The monoisotopic (exact) mass is 301 g/mol. The third-order valence-electron chi connectivity index (χ3n) is 3.67. The number of nitrogen functional groups attached to an aromatic ring is 1. The van der Waals surface area contributed by atoms with Gasteiger partial charge in [0.1, 0.15) is 10.7 Å². The van der Waals surface area contributed by atoms with Crippen LogP contribution in [0.4, 0.5) is 10.1 Å². The number of piperidine rings is 1. The van der Waals surface area contributed by atoms with Crippen LogP contribution in [-0.4, -0.2) is 40.0 Å². The number of nitrogens with two attached hydrogens (primary N) is 1. The highest BCUT2D eigenvalue weighted by atomic mass is 32.2. The van der Waals surface area contributed by atoms with Crippen LogP contribution in [0.3, 0.4) is 0 Å². The van der Waals surface area contributed by atoms with Crippen molar-refractivity contribution in [2.75, 3.05) is 32.4 Å². The molecule has 1 aliphatic rings. The summed E-state index contributed by atoms with van der Waals surface area (Å²) in [5, 5.41) is 0. The molecule has 1 aliphatic heterocycles. The number of nitrogens with one attached hydrogen (secondary N) is 1. The molecule has 1 saturated heterocycles. The molecule has 1 aromatic rings. The molecular formula is C13H20FN3O2S. The summed E-state index contributed by atoms with van der Waals surface area (Å²) in [5.74, 6) is -0.533. The van der Waals surface area contributed by atoms with Crippen molar-refractivity contribution in [3.63, 3.8) is 0 Å². The molecule has 0 aliphatic carbocycles. The normalized spacial score (nSPS) is 18.3. The average molecular weight is 301 g/mol. The molecule has 1 aromatic carbocycles. The lowest BCUT2D eigenvalue weighted by atomic mass is 9.98. The van der Waals surface area contributed by atoms with Gasteiger partial charge in [-0.15, -0.1) is 0 Å². The minimum Gasteiger partial charge on any atom is -0.398 e. The van der Waals surface area contributed by atoms with Crippen molar-refractivity contribution < 1.29 is 12.8 Å². The summed E-state index contributed by atoms with van der Waals surface area (Å²) in [6.07, 6.45) is 1.87. The summed E-state index contributed by atoms with van der Waals surface area (Å²) >= 11 is 0. The van der Waals surface area contributed by atoms with Crippen LogP contribution in [0.15, 0.2) is 23.1 Å². The van der Waals surface area contributed by atoms with Crippen molar-refractivity contribution in [1.29, 1.82) is 0 Å². The number of sulfonamides is 1. The van der Waals surface area contributed by atoms with Gasteiger partial charge in [0.25, 0.3) is 0 Å². The Kier molecular flexibility index (Phi) is 4.62. The molecule has 0 radical (unpaired) electrons. The first-order valence-electron chi connectivity index (χ1n) is 6.62. The zero-order valence-corrected chi connectivity index (χ0v) is 12.3. The Morgan fingerprint density at radius 2 is 2.05 bits per heavy atom. The zero-order chi connectivity index (χ0) is 14.8. The molecule has 0 saturated carbocycles. The van der Waals surface area contributed by atoms with E-state index in [-0.39, 0.29) is 11.6 Å². The minimum atomic E-state index is -3.90. The van der Waals surface area contributed by atoms with Crippen LogP contribution in [0.1, 0.15) is 12.8 Å². The Bertz CT molecular complexity index is 549. The van der Waals surface area contributed by atoms with Crippen LogP contribution in [-0.2, 0) is 10.0 Å². The minimum absolute atomic E-state index is 0.0686. The van der Waals surface area contributed by atoms with E-state index in [1.54, 1.807) is 0 Å². The van der Waals surface area contributed by atoms with Gasteiger partial charge in [-0.25, -0.2) is 17.5 Å². The topological polar surface area (TPSA) is 75.4 Å². The summed E-state index contributed by atoms with van der Waals surface area (Å²) < 4.78 is 40.4. The largest absolute Gasteiger partial charge is 0.398 e. The van der Waals surface area contributed by atoms with Crippen LogP contribution >= 0.6 is 0 Å². The Labute approximate surface area is 119 Å². The van der Waals surface area contributed by atoms with Crippen LogP contribution in [0.5, 0.6) is 0 Å². The van der Waals surface area contributed by atoms with Crippen LogP contribution in [0, 0.1) is 11.7 Å². The Morgan fingerprint density at radius 3 is 2.65 bits per heavy atom. The van der Waals surface area contributed by atoms with Crippen molar-refractivity contribution in [1.82, 2.24) is 9.62 Å². The first kappa shape index (κ1) is 15.2. The third kappa shape index (κ3) is 3.47. The molecule has 7 heteroatoms. The van der Waals surface area contributed by atoms with Crippen molar-refractivity contribution in [2.45, 2.75) is 17.7 Å². The highest BCUT2D eigenvalue weighted by Crippen LogP contribution is 2.22. The SMILES string of the molecule is CN1CCC(CNS(=O)(=O)c2c(N)cccc2F)CC1. The molecule has 0 bridgehead atoms. The van der Waals surface area contributed by atoms with Crippen molar-refractivity contribution in [3.05, 3.63) is 24.0 Å². The average Bonchev–Trinajstić information content (AvgIpc) is 2.37. The second-order valence-electron chi connectivity index (χ2n) is 5.26. The molecule has 0 aromatic heterocycles. The molecule has 20 heavy (non-hydrogen) atoms. The lowest BCUT2D eigenvalue weighted by molar-refractivity contribution is 0.220. The molecule has 112 valence electrons. The summed E-state index contributed by atoms with van der Waals surface area (Å²) in [4.78, 5) is 1.76. The maximum atomic E-state index is 13.7. The van der Waals surface area contributed by atoms with Crippen molar-refractivity contribution >= 4 is 15.7 Å². The van der Waals surface area contributed by atoms with Gasteiger partial charge in [0.2, 0.25) is 10.0 Å². The van der Waals surface area contributed by atoms with E-state index in [2.05, 4.69) is 9.62 Å². The summed E-state index contributed by atoms with van der Waals surface area (Å²) in [7, 11) is -1.86. The van der Waals surface area contributed by atoms with Gasteiger partial charge < -0.3 is 10.6 Å². The molecule has 2 rings (SSSR count). The van der Waals surface area contributed by atoms with E-state index in [1.807, 2.05) is 7.05 Å². The van der Waals surface area contributed by atoms with Gasteiger partial charge >= 0.3 is 0 Å². The van der Waals surface area contributed by atoms with Gasteiger partial charge in [-0.2, -0.15) is 0 Å². The molecule has 1 fully saturated rings. The molecular weight excluding hydrogens is 281 g/mol. The number of nitrogens with zero attached hydrogens (tertiary/aromatic N) is 1. The van der Waals surface area contributed by atoms with E-state index >= 15 is 0 Å². The van der Waals surface area contributed by atoms with E-state index in [0.29, 0.717) is 6.54 Å². The summed E-state index contributed by atoms with van der Waals surface area (Å²) in [5.41, 5.74) is 5.50. The molecule has 5 nitrogen and oxygen atoms in total. The van der Waals surface area contributed by atoms with Gasteiger partial charge in [0.15, 0.2) is 0 Å². The predicted octanol–water partition coefficient (Wildman–Crippen LogP) is 1.03. The number of hydrogen-bond acceptors (Lipinski definition) is 4. The standard InChI is InChI=1S/C13H20FN3O2S/c1-17-7-5-10(6-8-17)9-16-20(18,19)13-11(14)3-2-4-12(13)15/h2-4,10,16H,5-9,15H2,1H3. The molecule has 0 spiro atoms. The molecule has 1 heterocycles. The Morgan fingerprint density at radius 1 is 1.40 bits per heavy atom. The number of rotatable bonds is 4. The van der Waals surface area contributed by atoms with Crippen LogP contribution in [0.25, 0.3) is 0 Å². The number of anilines is 1. The smallest absolute Gasteiger partial charge is 0.245 e. The van der Waals surface area contributed by atoms with Gasteiger partial charge in [-0.1, -0.05) is 6.07 Å². The Balaban J connectivity index is 2.05. The second-order valence-corrected chi connectivity index (χ2v) is 6.96. The molecule has 0 unspecified atom stereocenters. The molecule has 0 amide bonds.